The minimum Gasteiger partial charge on any atom is -0.311 e. The quantitative estimate of drug-likeness (QED) is 0.864. The Bertz CT molecular complexity index is 521. The maximum Gasteiger partial charge on any atom is 0.0969 e. The molecular formula is C13H17BrN4. The third kappa shape index (κ3) is 3.17. The SMILES string of the molecule is CCCNCc1cn(-c2ccc(C)cc2Br)nn1. The number of aromatic nitrogens is 3. The van der Waals surface area contributed by atoms with Gasteiger partial charge in [-0.05, 0) is 53.5 Å². The van der Waals surface area contributed by atoms with Crippen molar-refractivity contribution in [2.24, 2.45) is 0 Å². The molecular weight excluding hydrogens is 292 g/mol. The van der Waals surface area contributed by atoms with Crippen LogP contribution in [0.1, 0.15) is 24.6 Å². The molecule has 0 saturated carbocycles. The highest BCUT2D eigenvalue weighted by Crippen LogP contribution is 2.21. The summed E-state index contributed by atoms with van der Waals surface area (Å²) >= 11 is 3.55. The van der Waals surface area contributed by atoms with Crippen molar-refractivity contribution in [3.05, 3.63) is 40.1 Å². The molecule has 0 bridgehead atoms. The summed E-state index contributed by atoms with van der Waals surface area (Å²) in [5.74, 6) is 0. The fraction of sp³-hybridized carbons (Fsp3) is 0.385. The zero-order valence-corrected chi connectivity index (χ0v) is 12.2. The number of hydrogen-bond donors (Lipinski definition) is 1. The summed E-state index contributed by atoms with van der Waals surface area (Å²) in [6, 6.07) is 6.18. The van der Waals surface area contributed by atoms with Gasteiger partial charge in [0, 0.05) is 11.0 Å². The Kier molecular flexibility index (Phi) is 4.49. The van der Waals surface area contributed by atoms with Crippen LogP contribution in [0.25, 0.3) is 5.69 Å². The largest absolute Gasteiger partial charge is 0.311 e. The van der Waals surface area contributed by atoms with Gasteiger partial charge in [-0.3, -0.25) is 0 Å². The molecule has 0 spiro atoms. The summed E-state index contributed by atoms with van der Waals surface area (Å²) in [4.78, 5) is 0. The van der Waals surface area contributed by atoms with Crippen LogP contribution in [0.5, 0.6) is 0 Å². The first-order valence-electron chi connectivity index (χ1n) is 6.09. The molecule has 4 nitrogen and oxygen atoms in total. The topological polar surface area (TPSA) is 42.7 Å². The van der Waals surface area contributed by atoms with Gasteiger partial charge < -0.3 is 5.32 Å². The molecule has 0 aliphatic heterocycles. The first kappa shape index (κ1) is 13.2. The van der Waals surface area contributed by atoms with Crippen molar-refractivity contribution in [1.29, 1.82) is 0 Å². The Morgan fingerprint density at radius 3 is 2.94 bits per heavy atom. The number of aryl methyl sites for hydroxylation is 1. The van der Waals surface area contributed by atoms with E-state index >= 15 is 0 Å². The molecule has 18 heavy (non-hydrogen) atoms. The fourth-order valence-electron chi connectivity index (χ4n) is 1.69. The van der Waals surface area contributed by atoms with Gasteiger partial charge in [0.05, 0.1) is 17.6 Å². The van der Waals surface area contributed by atoms with Gasteiger partial charge in [0.2, 0.25) is 0 Å². The number of nitrogens with one attached hydrogen (secondary N) is 1. The highest BCUT2D eigenvalue weighted by Gasteiger charge is 2.06. The molecule has 0 atom stereocenters. The zero-order chi connectivity index (χ0) is 13.0. The van der Waals surface area contributed by atoms with Gasteiger partial charge in [0.25, 0.3) is 0 Å². The average Bonchev–Trinajstić information content (AvgIpc) is 2.78. The number of rotatable bonds is 5. The van der Waals surface area contributed by atoms with Crippen molar-refractivity contribution in [2.45, 2.75) is 26.8 Å². The standard InChI is InChI=1S/C13H17BrN4/c1-3-6-15-8-11-9-18(17-16-11)13-5-4-10(2)7-12(13)14/h4-5,7,9,15H,3,6,8H2,1-2H3. The zero-order valence-electron chi connectivity index (χ0n) is 10.7. The van der Waals surface area contributed by atoms with E-state index in [1.807, 2.05) is 12.3 Å². The molecule has 2 rings (SSSR count). The van der Waals surface area contributed by atoms with Crippen molar-refractivity contribution >= 4 is 15.9 Å². The lowest BCUT2D eigenvalue weighted by Gasteiger charge is -2.04. The van der Waals surface area contributed by atoms with Gasteiger partial charge in [0.15, 0.2) is 0 Å². The van der Waals surface area contributed by atoms with Crippen LogP contribution in [0.4, 0.5) is 0 Å². The Morgan fingerprint density at radius 1 is 1.39 bits per heavy atom. The lowest BCUT2D eigenvalue weighted by atomic mass is 10.2. The van der Waals surface area contributed by atoms with Gasteiger partial charge in [-0.15, -0.1) is 5.10 Å². The number of hydrogen-bond acceptors (Lipinski definition) is 3. The van der Waals surface area contributed by atoms with Crippen LogP contribution in [0.15, 0.2) is 28.9 Å². The molecule has 1 heterocycles. The molecule has 0 unspecified atom stereocenters. The first-order valence-corrected chi connectivity index (χ1v) is 6.88. The van der Waals surface area contributed by atoms with E-state index in [4.69, 9.17) is 0 Å². The molecule has 2 aromatic rings. The second kappa shape index (κ2) is 6.11. The van der Waals surface area contributed by atoms with E-state index in [-0.39, 0.29) is 0 Å². The second-order valence-electron chi connectivity index (χ2n) is 4.29. The van der Waals surface area contributed by atoms with E-state index in [1.165, 1.54) is 5.56 Å². The van der Waals surface area contributed by atoms with Crippen molar-refractivity contribution in [2.75, 3.05) is 6.54 Å². The third-order valence-electron chi connectivity index (χ3n) is 2.62. The van der Waals surface area contributed by atoms with Crippen LogP contribution < -0.4 is 5.32 Å². The van der Waals surface area contributed by atoms with Crippen molar-refractivity contribution in [3.8, 4) is 5.69 Å². The lowest BCUT2D eigenvalue weighted by Crippen LogP contribution is -2.13. The second-order valence-corrected chi connectivity index (χ2v) is 5.14. The van der Waals surface area contributed by atoms with Crippen LogP contribution >= 0.6 is 15.9 Å². The van der Waals surface area contributed by atoms with Gasteiger partial charge in [-0.1, -0.05) is 18.2 Å². The molecule has 1 N–H and O–H groups in total. The Balaban J connectivity index is 2.13. The minimum absolute atomic E-state index is 0.761. The van der Waals surface area contributed by atoms with Gasteiger partial charge >= 0.3 is 0 Å². The number of benzene rings is 1. The van der Waals surface area contributed by atoms with Crippen molar-refractivity contribution in [3.63, 3.8) is 0 Å². The van der Waals surface area contributed by atoms with E-state index in [1.54, 1.807) is 4.68 Å². The smallest absolute Gasteiger partial charge is 0.0969 e. The molecule has 1 aromatic carbocycles. The molecule has 1 aromatic heterocycles. The van der Waals surface area contributed by atoms with Crippen molar-refractivity contribution < 1.29 is 0 Å². The van der Waals surface area contributed by atoms with E-state index in [0.717, 1.165) is 35.4 Å². The van der Waals surface area contributed by atoms with E-state index in [2.05, 4.69) is 57.5 Å². The third-order valence-corrected chi connectivity index (χ3v) is 3.26. The summed E-state index contributed by atoms with van der Waals surface area (Å²) in [5.41, 5.74) is 3.18. The molecule has 5 heteroatoms. The summed E-state index contributed by atoms with van der Waals surface area (Å²) < 4.78 is 2.83. The fourth-order valence-corrected chi connectivity index (χ4v) is 2.36. The molecule has 0 aliphatic carbocycles. The maximum absolute atomic E-state index is 4.16. The molecule has 0 aliphatic rings. The Hall–Kier alpha value is -1.20. The average molecular weight is 309 g/mol. The van der Waals surface area contributed by atoms with Gasteiger partial charge in [-0.2, -0.15) is 0 Å². The predicted molar refractivity (Wildman–Crippen MR) is 75.8 cm³/mol. The monoisotopic (exact) mass is 308 g/mol. The predicted octanol–water partition coefficient (Wildman–Crippen LogP) is 2.84. The molecule has 0 fully saturated rings. The molecule has 0 radical (unpaired) electrons. The van der Waals surface area contributed by atoms with E-state index < -0.39 is 0 Å². The van der Waals surface area contributed by atoms with Crippen LogP contribution in [-0.4, -0.2) is 21.5 Å². The summed E-state index contributed by atoms with van der Waals surface area (Å²) in [5, 5.41) is 11.6. The minimum atomic E-state index is 0.761. The van der Waals surface area contributed by atoms with E-state index in [9.17, 15) is 0 Å². The van der Waals surface area contributed by atoms with Crippen LogP contribution in [0.3, 0.4) is 0 Å². The van der Waals surface area contributed by atoms with Crippen molar-refractivity contribution in [1.82, 2.24) is 20.3 Å². The number of halogens is 1. The maximum atomic E-state index is 4.16. The van der Waals surface area contributed by atoms with Crippen LogP contribution in [0.2, 0.25) is 0 Å². The number of nitrogens with zero attached hydrogens (tertiary/aromatic N) is 3. The normalized spacial score (nSPS) is 10.8. The van der Waals surface area contributed by atoms with E-state index in [0.29, 0.717) is 0 Å². The summed E-state index contributed by atoms with van der Waals surface area (Å²) in [7, 11) is 0. The molecule has 96 valence electrons. The lowest BCUT2D eigenvalue weighted by molar-refractivity contribution is 0.662. The molecule has 0 saturated heterocycles. The summed E-state index contributed by atoms with van der Waals surface area (Å²) in [6.07, 6.45) is 3.08. The Morgan fingerprint density at radius 2 is 2.22 bits per heavy atom. The molecule has 0 amide bonds. The Labute approximate surface area is 116 Å². The van der Waals surface area contributed by atoms with Gasteiger partial charge in [0.1, 0.15) is 0 Å². The first-order chi connectivity index (χ1) is 8.70. The highest BCUT2D eigenvalue weighted by molar-refractivity contribution is 9.10. The van der Waals surface area contributed by atoms with Crippen LogP contribution in [0, 0.1) is 6.92 Å². The van der Waals surface area contributed by atoms with Gasteiger partial charge in [-0.25, -0.2) is 4.68 Å². The summed E-state index contributed by atoms with van der Waals surface area (Å²) in [6.45, 7) is 5.97. The van der Waals surface area contributed by atoms with Crippen LogP contribution in [-0.2, 0) is 6.54 Å². The highest BCUT2D eigenvalue weighted by atomic mass is 79.9.